The van der Waals surface area contributed by atoms with Crippen molar-refractivity contribution in [2.24, 2.45) is 17.8 Å². The Kier molecular flexibility index (Phi) is 2.98. The van der Waals surface area contributed by atoms with Crippen LogP contribution in [0.5, 0.6) is 0 Å². The maximum Gasteiger partial charge on any atom is 0.225 e. The number of nitrogens with zero attached hydrogens (tertiary/aromatic N) is 1. The molecule has 5 heteroatoms. The van der Waals surface area contributed by atoms with Crippen LogP contribution in [0.3, 0.4) is 0 Å². The van der Waals surface area contributed by atoms with Gasteiger partial charge in [-0.25, -0.2) is 13.1 Å². The normalized spacial score (nSPS) is 34.2. The summed E-state index contributed by atoms with van der Waals surface area (Å²) in [4.78, 5) is 0. The van der Waals surface area contributed by atoms with Crippen LogP contribution in [-0.2, 0) is 10.0 Å². The minimum absolute atomic E-state index is 0.423. The van der Waals surface area contributed by atoms with Gasteiger partial charge in [0.15, 0.2) is 5.75 Å². The average molecular weight is 228 g/mol. The van der Waals surface area contributed by atoms with Gasteiger partial charge in [0.1, 0.15) is 0 Å². The summed E-state index contributed by atoms with van der Waals surface area (Å²) in [7, 11) is -3.35. The Morgan fingerprint density at radius 2 is 2.13 bits per heavy atom. The number of sulfonamides is 1. The van der Waals surface area contributed by atoms with E-state index in [9.17, 15) is 8.42 Å². The molecule has 3 unspecified atom stereocenters. The molecule has 0 aromatic heterocycles. The number of hydrogen-bond donors (Lipinski definition) is 1. The van der Waals surface area contributed by atoms with Gasteiger partial charge in [0.25, 0.3) is 0 Å². The van der Waals surface area contributed by atoms with Crippen molar-refractivity contribution in [3.05, 3.63) is 0 Å². The van der Waals surface area contributed by atoms with Crippen LogP contribution in [-0.4, -0.2) is 20.7 Å². The van der Waals surface area contributed by atoms with Crippen LogP contribution in [0.2, 0.25) is 0 Å². The summed E-state index contributed by atoms with van der Waals surface area (Å²) in [6, 6.07) is 1.67. The lowest BCUT2D eigenvalue weighted by molar-refractivity contribution is 0.333. The summed E-state index contributed by atoms with van der Waals surface area (Å²) < 4.78 is 25.1. The van der Waals surface area contributed by atoms with Crippen LogP contribution in [0.25, 0.3) is 0 Å². The molecular formula is C10H16N2O2S. The summed E-state index contributed by atoms with van der Waals surface area (Å²) in [6.45, 7) is 0.533. The summed E-state index contributed by atoms with van der Waals surface area (Å²) >= 11 is 0. The molecule has 15 heavy (non-hydrogen) atoms. The van der Waals surface area contributed by atoms with Crippen molar-refractivity contribution in [2.75, 3.05) is 12.3 Å². The Hall–Kier alpha value is -0.600. The molecule has 2 fully saturated rings. The molecule has 0 aromatic carbocycles. The van der Waals surface area contributed by atoms with E-state index in [-0.39, 0.29) is 0 Å². The Bertz CT molecular complexity index is 371. The number of nitriles is 1. The molecule has 2 rings (SSSR count). The smallest absolute Gasteiger partial charge is 0.214 e. The highest BCUT2D eigenvalue weighted by Gasteiger charge is 2.39. The van der Waals surface area contributed by atoms with E-state index in [2.05, 4.69) is 4.72 Å². The topological polar surface area (TPSA) is 70.0 Å². The quantitative estimate of drug-likeness (QED) is 0.776. The molecule has 2 bridgehead atoms. The predicted octanol–water partition coefficient (Wildman–Crippen LogP) is 0.866. The van der Waals surface area contributed by atoms with Crippen molar-refractivity contribution in [3.63, 3.8) is 0 Å². The minimum Gasteiger partial charge on any atom is -0.214 e. The summed E-state index contributed by atoms with van der Waals surface area (Å²) in [6.07, 6.45) is 5.03. The molecule has 0 heterocycles. The second-order valence-electron chi connectivity index (χ2n) is 4.70. The van der Waals surface area contributed by atoms with Gasteiger partial charge in [0.05, 0.1) is 6.07 Å². The molecule has 0 aromatic rings. The number of fused-ring (bicyclic) bond motifs is 2. The van der Waals surface area contributed by atoms with Gasteiger partial charge < -0.3 is 0 Å². The van der Waals surface area contributed by atoms with Gasteiger partial charge in [0.2, 0.25) is 10.0 Å². The van der Waals surface area contributed by atoms with Crippen LogP contribution in [0.1, 0.15) is 25.7 Å². The second kappa shape index (κ2) is 4.11. The third kappa shape index (κ3) is 2.50. The van der Waals surface area contributed by atoms with Crippen LogP contribution < -0.4 is 4.72 Å². The lowest BCUT2D eigenvalue weighted by atomic mass is 9.89. The molecule has 0 spiro atoms. The predicted molar refractivity (Wildman–Crippen MR) is 56.3 cm³/mol. The molecule has 2 aliphatic rings. The van der Waals surface area contributed by atoms with E-state index in [0.29, 0.717) is 12.5 Å². The fourth-order valence-corrected chi connectivity index (χ4v) is 3.74. The number of hydrogen-bond acceptors (Lipinski definition) is 3. The Labute approximate surface area is 90.7 Å². The Morgan fingerprint density at radius 1 is 1.33 bits per heavy atom. The van der Waals surface area contributed by atoms with E-state index in [1.54, 1.807) is 6.07 Å². The van der Waals surface area contributed by atoms with Crippen LogP contribution >= 0.6 is 0 Å². The summed E-state index contributed by atoms with van der Waals surface area (Å²) in [5.41, 5.74) is 0. The molecule has 0 aliphatic heterocycles. The first-order valence-electron chi connectivity index (χ1n) is 5.45. The van der Waals surface area contributed by atoms with Crippen LogP contribution in [0, 0.1) is 29.1 Å². The molecule has 2 saturated carbocycles. The van der Waals surface area contributed by atoms with Gasteiger partial charge in [-0.1, -0.05) is 6.42 Å². The van der Waals surface area contributed by atoms with Gasteiger partial charge >= 0.3 is 0 Å². The third-order valence-electron chi connectivity index (χ3n) is 3.70. The van der Waals surface area contributed by atoms with Crippen molar-refractivity contribution in [1.82, 2.24) is 4.72 Å². The molecular weight excluding hydrogens is 212 g/mol. The van der Waals surface area contributed by atoms with Gasteiger partial charge in [-0.2, -0.15) is 5.26 Å². The van der Waals surface area contributed by atoms with Crippen LogP contribution in [0.4, 0.5) is 0 Å². The molecule has 0 saturated heterocycles. The van der Waals surface area contributed by atoms with Crippen LogP contribution in [0.15, 0.2) is 0 Å². The zero-order valence-electron chi connectivity index (χ0n) is 8.65. The van der Waals surface area contributed by atoms with E-state index in [1.165, 1.54) is 25.7 Å². The van der Waals surface area contributed by atoms with Gasteiger partial charge in [-0.05, 0) is 37.0 Å². The lowest BCUT2D eigenvalue weighted by Gasteiger charge is -2.21. The molecule has 0 radical (unpaired) electrons. The first-order chi connectivity index (χ1) is 7.11. The molecule has 0 amide bonds. The summed E-state index contributed by atoms with van der Waals surface area (Å²) in [5.74, 6) is 1.64. The molecule has 4 nitrogen and oxygen atoms in total. The van der Waals surface area contributed by atoms with E-state index in [0.717, 1.165) is 11.8 Å². The van der Waals surface area contributed by atoms with Crippen molar-refractivity contribution in [2.45, 2.75) is 25.7 Å². The molecule has 2 aliphatic carbocycles. The van der Waals surface area contributed by atoms with E-state index < -0.39 is 15.8 Å². The minimum atomic E-state index is -3.35. The highest BCUT2D eigenvalue weighted by atomic mass is 32.2. The fourth-order valence-electron chi connectivity index (χ4n) is 3.00. The highest BCUT2D eigenvalue weighted by molar-refractivity contribution is 7.89. The van der Waals surface area contributed by atoms with E-state index >= 15 is 0 Å². The maximum absolute atomic E-state index is 11.3. The van der Waals surface area contributed by atoms with Crippen molar-refractivity contribution in [1.29, 1.82) is 5.26 Å². The lowest BCUT2D eigenvalue weighted by Crippen LogP contribution is -2.32. The van der Waals surface area contributed by atoms with Crippen molar-refractivity contribution >= 4 is 10.0 Å². The molecule has 84 valence electrons. The Balaban J connectivity index is 1.82. The van der Waals surface area contributed by atoms with Gasteiger partial charge in [-0.3, -0.25) is 0 Å². The number of nitrogens with one attached hydrogen (secondary N) is 1. The standard InChI is InChI=1S/C10H16N2O2S/c11-3-4-15(13,14)12-7-10-6-8-1-2-9(10)5-8/h8-10,12H,1-2,4-7H2. The van der Waals surface area contributed by atoms with Gasteiger partial charge in [-0.15, -0.1) is 0 Å². The average Bonchev–Trinajstić information content (AvgIpc) is 2.75. The molecule has 1 N–H and O–H groups in total. The zero-order valence-corrected chi connectivity index (χ0v) is 9.46. The SMILES string of the molecule is N#CCS(=O)(=O)NCC1CC2CCC1C2. The zero-order chi connectivity index (χ0) is 10.9. The summed E-state index contributed by atoms with van der Waals surface area (Å²) in [5, 5.41) is 8.33. The van der Waals surface area contributed by atoms with Crippen molar-refractivity contribution in [3.8, 4) is 6.07 Å². The first-order valence-corrected chi connectivity index (χ1v) is 7.10. The van der Waals surface area contributed by atoms with Crippen molar-refractivity contribution < 1.29 is 8.42 Å². The van der Waals surface area contributed by atoms with E-state index in [1.807, 2.05) is 0 Å². The number of rotatable bonds is 4. The highest BCUT2D eigenvalue weighted by Crippen LogP contribution is 2.47. The maximum atomic E-state index is 11.3. The van der Waals surface area contributed by atoms with E-state index in [4.69, 9.17) is 5.26 Å². The van der Waals surface area contributed by atoms with Gasteiger partial charge in [0, 0.05) is 6.54 Å². The fraction of sp³-hybridized carbons (Fsp3) is 0.900. The second-order valence-corrected chi connectivity index (χ2v) is 6.51. The molecule has 3 atom stereocenters. The first kappa shape index (κ1) is 10.9. The largest absolute Gasteiger partial charge is 0.225 e. The Morgan fingerprint density at radius 3 is 2.67 bits per heavy atom. The third-order valence-corrected chi connectivity index (χ3v) is 4.82. The monoisotopic (exact) mass is 228 g/mol.